The zero-order valence-corrected chi connectivity index (χ0v) is 11.3. The summed E-state index contributed by atoms with van der Waals surface area (Å²) in [4.78, 5) is 2.17. The maximum Gasteiger partial charge on any atom is 0.488 e. The summed E-state index contributed by atoms with van der Waals surface area (Å²) in [7, 11) is -1.64. The fraction of sp³-hybridized carbons (Fsp3) is 0.538. The van der Waals surface area contributed by atoms with Crippen LogP contribution in [0.3, 0.4) is 0 Å². The molecule has 1 aliphatic rings. The van der Waals surface area contributed by atoms with Crippen LogP contribution in [0.2, 0.25) is 0 Å². The number of ether oxygens (including phenoxy) is 1. The molecule has 0 unspecified atom stereocenters. The molecule has 1 saturated heterocycles. The van der Waals surface area contributed by atoms with Gasteiger partial charge in [-0.3, -0.25) is 4.90 Å². The highest BCUT2D eigenvalue weighted by molar-refractivity contribution is 6.58. The molecule has 1 aromatic carbocycles. The van der Waals surface area contributed by atoms with Gasteiger partial charge in [0.2, 0.25) is 0 Å². The molecular weight excluding hydrogens is 248 g/mol. The maximum atomic E-state index is 13.9. The molecule has 0 aromatic heterocycles. The Kier molecular flexibility index (Phi) is 4.25. The lowest BCUT2D eigenvalue weighted by Gasteiger charge is -2.42. The van der Waals surface area contributed by atoms with Crippen LogP contribution >= 0.6 is 0 Å². The van der Waals surface area contributed by atoms with Gasteiger partial charge < -0.3 is 14.8 Å². The second-order valence-electron chi connectivity index (χ2n) is 5.51. The summed E-state index contributed by atoms with van der Waals surface area (Å²) in [5, 5.41) is 18.0. The quantitative estimate of drug-likeness (QED) is 0.764. The molecule has 0 aliphatic carbocycles. The molecule has 0 radical (unpaired) electrons. The predicted molar refractivity (Wildman–Crippen MR) is 71.5 cm³/mol. The van der Waals surface area contributed by atoms with Gasteiger partial charge in [-0.2, -0.15) is 0 Å². The van der Waals surface area contributed by atoms with Gasteiger partial charge in [-0.05, 0) is 25.4 Å². The highest BCUT2D eigenvalue weighted by Gasteiger charge is 2.30. The van der Waals surface area contributed by atoms with Crippen LogP contribution in [0.1, 0.15) is 19.4 Å². The summed E-state index contributed by atoms with van der Waals surface area (Å²) in [6.07, 6.45) is 0. The topological polar surface area (TPSA) is 52.9 Å². The molecule has 0 spiro atoms. The predicted octanol–water partition coefficient (Wildman–Crippen LogP) is 0.116. The van der Waals surface area contributed by atoms with Crippen molar-refractivity contribution in [1.82, 2.24) is 4.90 Å². The third kappa shape index (κ3) is 3.33. The normalized spacial score (nSPS) is 19.4. The number of benzene rings is 1. The molecule has 6 heteroatoms. The summed E-state index contributed by atoms with van der Waals surface area (Å²) in [5.41, 5.74) is 0.599. The van der Waals surface area contributed by atoms with E-state index in [1.807, 2.05) is 0 Å². The van der Waals surface area contributed by atoms with Crippen LogP contribution in [0.4, 0.5) is 4.39 Å². The van der Waals surface area contributed by atoms with E-state index >= 15 is 0 Å². The van der Waals surface area contributed by atoms with Gasteiger partial charge in [-0.1, -0.05) is 12.1 Å². The summed E-state index contributed by atoms with van der Waals surface area (Å²) >= 11 is 0. The number of hydrogen-bond donors (Lipinski definition) is 2. The van der Waals surface area contributed by atoms with Crippen LogP contribution in [0.25, 0.3) is 0 Å². The monoisotopic (exact) mass is 267 g/mol. The first-order chi connectivity index (χ1) is 8.90. The smallest absolute Gasteiger partial charge is 0.423 e. The zero-order valence-electron chi connectivity index (χ0n) is 11.3. The number of halogens is 1. The van der Waals surface area contributed by atoms with E-state index in [9.17, 15) is 4.39 Å². The first-order valence-corrected chi connectivity index (χ1v) is 6.37. The minimum Gasteiger partial charge on any atom is -0.423 e. The molecule has 4 nitrogen and oxygen atoms in total. The van der Waals surface area contributed by atoms with Gasteiger partial charge in [0.15, 0.2) is 0 Å². The summed E-state index contributed by atoms with van der Waals surface area (Å²) in [6, 6.07) is 4.32. The van der Waals surface area contributed by atoms with E-state index in [1.54, 1.807) is 6.07 Å². The molecule has 1 aliphatic heterocycles. The fourth-order valence-electron chi connectivity index (χ4n) is 2.24. The van der Waals surface area contributed by atoms with Crippen LogP contribution in [-0.4, -0.2) is 47.4 Å². The second-order valence-corrected chi connectivity index (χ2v) is 5.51. The number of hydrogen-bond acceptors (Lipinski definition) is 4. The Labute approximate surface area is 113 Å². The van der Waals surface area contributed by atoms with Gasteiger partial charge in [0, 0.05) is 24.2 Å². The van der Waals surface area contributed by atoms with Gasteiger partial charge >= 0.3 is 7.12 Å². The van der Waals surface area contributed by atoms with E-state index in [1.165, 1.54) is 12.1 Å². The highest BCUT2D eigenvalue weighted by Crippen LogP contribution is 2.22. The van der Waals surface area contributed by atoms with Crippen molar-refractivity contribution in [2.24, 2.45) is 0 Å². The Morgan fingerprint density at radius 3 is 2.74 bits per heavy atom. The summed E-state index contributed by atoms with van der Waals surface area (Å²) < 4.78 is 19.4. The van der Waals surface area contributed by atoms with Crippen LogP contribution in [0, 0.1) is 5.82 Å². The molecule has 1 fully saturated rings. The average molecular weight is 267 g/mol. The van der Waals surface area contributed by atoms with Crippen LogP contribution < -0.4 is 5.46 Å². The third-order valence-electron chi connectivity index (χ3n) is 3.55. The standard InChI is InChI=1S/C13H19BFNO3/c1-13(2)9-19-6-5-16(13)8-10-3-4-11(14(17)18)7-12(10)15/h3-4,7,17-18H,5-6,8-9H2,1-2H3. The van der Waals surface area contributed by atoms with Crippen molar-refractivity contribution in [1.29, 1.82) is 0 Å². The zero-order chi connectivity index (χ0) is 14.0. The van der Waals surface area contributed by atoms with E-state index in [0.29, 0.717) is 25.3 Å². The number of nitrogens with zero attached hydrogens (tertiary/aromatic N) is 1. The van der Waals surface area contributed by atoms with Gasteiger partial charge in [-0.25, -0.2) is 4.39 Å². The molecule has 0 atom stereocenters. The molecule has 1 heterocycles. The van der Waals surface area contributed by atoms with E-state index in [2.05, 4.69) is 18.7 Å². The molecule has 1 aromatic rings. The SMILES string of the molecule is CC1(C)COCCN1Cc1ccc(B(O)O)cc1F. The minimum absolute atomic E-state index is 0.125. The van der Waals surface area contributed by atoms with E-state index in [0.717, 1.165) is 6.54 Å². The van der Waals surface area contributed by atoms with Crippen molar-refractivity contribution in [2.75, 3.05) is 19.8 Å². The largest absolute Gasteiger partial charge is 0.488 e. The molecule has 2 N–H and O–H groups in total. The Balaban J connectivity index is 2.14. The van der Waals surface area contributed by atoms with Crippen molar-refractivity contribution >= 4 is 12.6 Å². The Bertz CT molecular complexity index is 454. The van der Waals surface area contributed by atoms with Crippen molar-refractivity contribution in [3.05, 3.63) is 29.6 Å². The minimum atomic E-state index is -1.64. The van der Waals surface area contributed by atoms with Crippen molar-refractivity contribution in [2.45, 2.75) is 25.9 Å². The van der Waals surface area contributed by atoms with Crippen molar-refractivity contribution in [3.63, 3.8) is 0 Å². The van der Waals surface area contributed by atoms with Gasteiger partial charge in [0.1, 0.15) is 5.82 Å². The van der Waals surface area contributed by atoms with Crippen molar-refractivity contribution < 1.29 is 19.2 Å². The van der Waals surface area contributed by atoms with E-state index < -0.39 is 12.9 Å². The Morgan fingerprint density at radius 1 is 1.42 bits per heavy atom. The second kappa shape index (κ2) is 5.59. The third-order valence-corrected chi connectivity index (χ3v) is 3.55. The van der Waals surface area contributed by atoms with E-state index in [-0.39, 0.29) is 11.0 Å². The highest BCUT2D eigenvalue weighted by atomic mass is 19.1. The van der Waals surface area contributed by atoms with Crippen molar-refractivity contribution in [3.8, 4) is 0 Å². The molecule has 0 saturated carbocycles. The summed E-state index contributed by atoms with van der Waals surface area (Å²) in [6.45, 7) is 6.66. The number of rotatable bonds is 3. The molecule has 104 valence electrons. The number of morpholine rings is 1. The molecule has 0 bridgehead atoms. The van der Waals surface area contributed by atoms with E-state index in [4.69, 9.17) is 14.8 Å². The molecular formula is C13H19BFNO3. The van der Waals surface area contributed by atoms with Gasteiger partial charge in [0.05, 0.1) is 13.2 Å². The molecule has 2 rings (SSSR count). The first kappa shape index (κ1) is 14.5. The maximum absolute atomic E-state index is 13.9. The fourth-order valence-corrected chi connectivity index (χ4v) is 2.24. The first-order valence-electron chi connectivity index (χ1n) is 6.37. The van der Waals surface area contributed by atoms with Gasteiger partial charge in [0.25, 0.3) is 0 Å². The summed E-state index contributed by atoms with van der Waals surface area (Å²) in [5.74, 6) is -0.409. The molecule has 0 amide bonds. The lowest BCUT2D eigenvalue weighted by atomic mass is 9.80. The Hall–Kier alpha value is -0.945. The van der Waals surface area contributed by atoms with Crippen LogP contribution in [0.15, 0.2) is 18.2 Å². The van der Waals surface area contributed by atoms with Gasteiger partial charge in [-0.15, -0.1) is 0 Å². The molecule has 19 heavy (non-hydrogen) atoms. The Morgan fingerprint density at radius 2 is 2.16 bits per heavy atom. The van der Waals surface area contributed by atoms with Crippen LogP contribution in [-0.2, 0) is 11.3 Å². The van der Waals surface area contributed by atoms with Crippen LogP contribution in [0.5, 0.6) is 0 Å². The average Bonchev–Trinajstić information content (AvgIpc) is 2.33. The lowest BCUT2D eigenvalue weighted by molar-refractivity contribution is -0.0556. The lowest BCUT2D eigenvalue weighted by Crippen LogP contribution is -2.52.